The molecule has 0 saturated carbocycles. The fourth-order valence-corrected chi connectivity index (χ4v) is 2.45. The lowest BCUT2D eigenvalue weighted by Gasteiger charge is -2.14. The summed E-state index contributed by atoms with van der Waals surface area (Å²) < 4.78 is 14.9. The average molecular weight is 250 g/mol. The average Bonchev–Trinajstić information content (AvgIpc) is 2.18. The molecule has 0 aliphatic heterocycles. The van der Waals surface area contributed by atoms with Crippen molar-refractivity contribution in [2.75, 3.05) is 32.1 Å². The van der Waals surface area contributed by atoms with Gasteiger partial charge in [0.05, 0.1) is 33.7 Å². The third-order valence-electron chi connectivity index (χ3n) is 1.53. The highest BCUT2D eigenvalue weighted by Crippen LogP contribution is 2.36. The number of hydrogen-bond acceptors (Lipinski definition) is 5. The molecule has 0 bridgehead atoms. The highest BCUT2D eigenvalue weighted by molar-refractivity contribution is 7.54. The fraction of sp³-hybridized carbons (Fsp3) is 0.800. The van der Waals surface area contributed by atoms with Gasteiger partial charge in [-0.15, -0.1) is 0 Å². The number of rotatable bonds is 8. The first-order valence-electron chi connectivity index (χ1n) is 5.33. The normalized spacial score (nSPS) is 10.2. The third kappa shape index (κ3) is 7.60. The molecule has 0 saturated heterocycles. The fourth-order valence-electron chi connectivity index (χ4n) is 1.03. The minimum Gasteiger partial charge on any atom is -0.466 e. The molecule has 0 aromatic carbocycles. The summed E-state index contributed by atoms with van der Waals surface area (Å²) in [7, 11) is -1.11. The SMILES string of the molecule is CCOC(=O)CP(CC(=O)OCC)OCC. The Hall–Kier alpha value is -0.670. The molecule has 0 unspecified atom stereocenters. The Kier molecular flexibility index (Phi) is 9.15. The van der Waals surface area contributed by atoms with Crippen molar-refractivity contribution in [1.82, 2.24) is 0 Å². The van der Waals surface area contributed by atoms with E-state index in [9.17, 15) is 9.59 Å². The minimum absolute atomic E-state index is 0.149. The van der Waals surface area contributed by atoms with Crippen LogP contribution in [0.25, 0.3) is 0 Å². The quantitative estimate of drug-likeness (QED) is 0.483. The monoisotopic (exact) mass is 250 g/mol. The van der Waals surface area contributed by atoms with E-state index < -0.39 is 8.15 Å². The van der Waals surface area contributed by atoms with Crippen LogP contribution in [0, 0.1) is 0 Å². The zero-order valence-corrected chi connectivity index (χ0v) is 10.9. The highest BCUT2D eigenvalue weighted by Gasteiger charge is 2.19. The van der Waals surface area contributed by atoms with E-state index in [1.165, 1.54) is 0 Å². The molecular weight excluding hydrogens is 231 g/mol. The Balaban J connectivity index is 4.05. The van der Waals surface area contributed by atoms with Gasteiger partial charge in [-0.25, -0.2) is 0 Å². The largest absolute Gasteiger partial charge is 0.466 e. The molecule has 0 heterocycles. The molecule has 0 fully saturated rings. The number of ether oxygens (including phenoxy) is 2. The van der Waals surface area contributed by atoms with Gasteiger partial charge in [0.2, 0.25) is 0 Å². The summed E-state index contributed by atoms with van der Waals surface area (Å²) in [6.07, 6.45) is 0.297. The predicted octanol–water partition coefficient (Wildman–Crippen LogP) is 1.55. The lowest BCUT2D eigenvalue weighted by Crippen LogP contribution is -2.15. The Bertz CT molecular complexity index is 199. The Morgan fingerprint density at radius 1 is 0.875 bits per heavy atom. The van der Waals surface area contributed by atoms with Gasteiger partial charge in [0.15, 0.2) is 0 Å². The molecule has 0 aliphatic rings. The number of hydrogen-bond donors (Lipinski definition) is 0. The van der Waals surface area contributed by atoms with Crippen LogP contribution in [-0.2, 0) is 23.6 Å². The van der Waals surface area contributed by atoms with Crippen molar-refractivity contribution in [1.29, 1.82) is 0 Å². The number of carbonyl (C=O) groups is 2. The zero-order chi connectivity index (χ0) is 12.4. The van der Waals surface area contributed by atoms with Gasteiger partial charge in [0.1, 0.15) is 0 Å². The highest BCUT2D eigenvalue weighted by atomic mass is 31.1. The van der Waals surface area contributed by atoms with Gasteiger partial charge >= 0.3 is 11.9 Å². The van der Waals surface area contributed by atoms with Gasteiger partial charge in [-0.3, -0.25) is 9.59 Å². The van der Waals surface area contributed by atoms with Crippen molar-refractivity contribution < 1.29 is 23.6 Å². The van der Waals surface area contributed by atoms with E-state index in [-0.39, 0.29) is 24.3 Å². The molecule has 0 spiro atoms. The van der Waals surface area contributed by atoms with Crippen LogP contribution in [-0.4, -0.2) is 44.1 Å². The van der Waals surface area contributed by atoms with Crippen LogP contribution in [0.4, 0.5) is 0 Å². The molecule has 6 heteroatoms. The summed E-state index contributed by atoms with van der Waals surface area (Å²) in [6, 6.07) is 0. The summed E-state index contributed by atoms with van der Waals surface area (Å²) in [6.45, 7) is 6.47. The van der Waals surface area contributed by atoms with E-state index >= 15 is 0 Å². The zero-order valence-electron chi connectivity index (χ0n) is 10.0. The lowest BCUT2D eigenvalue weighted by molar-refractivity contribution is -0.140. The van der Waals surface area contributed by atoms with Crippen LogP contribution in [0.3, 0.4) is 0 Å². The van der Waals surface area contributed by atoms with Gasteiger partial charge in [-0.1, -0.05) is 0 Å². The number of carbonyl (C=O) groups excluding carboxylic acids is 2. The molecule has 0 N–H and O–H groups in total. The summed E-state index contributed by atoms with van der Waals surface area (Å²) in [5.74, 6) is -0.655. The smallest absolute Gasteiger partial charge is 0.312 e. The molecular formula is C10H19O5P. The van der Waals surface area contributed by atoms with E-state index in [0.717, 1.165) is 0 Å². The maximum Gasteiger partial charge on any atom is 0.312 e. The molecule has 0 rings (SSSR count). The summed E-state index contributed by atoms with van der Waals surface area (Å²) in [5, 5.41) is 0. The first kappa shape index (κ1) is 15.3. The van der Waals surface area contributed by atoms with E-state index in [4.69, 9.17) is 14.0 Å². The van der Waals surface area contributed by atoms with Gasteiger partial charge in [0.25, 0.3) is 0 Å². The first-order valence-corrected chi connectivity index (χ1v) is 6.96. The Morgan fingerprint density at radius 3 is 1.62 bits per heavy atom. The van der Waals surface area contributed by atoms with Gasteiger partial charge < -0.3 is 14.0 Å². The second-order valence-electron chi connectivity index (χ2n) is 2.83. The third-order valence-corrected chi connectivity index (χ3v) is 3.38. The van der Waals surface area contributed by atoms with Gasteiger partial charge in [-0.2, -0.15) is 0 Å². The molecule has 0 aromatic rings. The van der Waals surface area contributed by atoms with Crippen LogP contribution in [0.1, 0.15) is 20.8 Å². The maximum absolute atomic E-state index is 11.2. The van der Waals surface area contributed by atoms with Gasteiger partial charge in [-0.05, 0) is 20.8 Å². The van der Waals surface area contributed by atoms with Gasteiger partial charge in [0, 0.05) is 6.61 Å². The van der Waals surface area contributed by atoms with Crippen molar-refractivity contribution in [3.63, 3.8) is 0 Å². The van der Waals surface area contributed by atoms with Crippen LogP contribution >= 0.6 is 8.15 Å². The molecule has 0 radical (unpaired) electrons. The van der Waals surface area contributed by atoms with E-state index in [0.29, 0.717) is 19.8 Å². The molecule has 5 nitrogen and oxygen atoms in total. The second-order valence-corrected chi connectivity index (χ2v) is 4.68. The summed E-state index contributed by atoms with van der Waals surface area (Å²) in [4.78, 5) is 22.5. The minimum atomic E-state index is -1.11. The van der Waals surface area contributed by atoms with Crippen molar-refractivity contribution >= 4 is 20.1 Å². The molecule has 0 amide bonds. The van der Waals surface area contributed by atoms with Crippen molar-refractivity contribution in [3.8, 4) is 0 Å². The van der Waals surface area contributed by atoms with Crippen molar-refractivity contribution in [2.24, 2.45) is 0 Å². The topological polar surface area (TPSA) is 61.8 Å². The Morgan fingerprint density at radius 2 is 1.31 bits per heavy atom. The summed E-state index contributed by atoms with van der Waals surface area (Å²) >= 11 is 0. The predicted molar refractivity (Wildman–Crippen MR) is 61.5 cm³/mol. The standard InChI is InChI=1S/C10H19O5P/c1-4-13-9(11)7-16(15-6-3)8-10(12)14-5-2/h4-8H2,1-3H3. The van der Waals surface area contributed by atoms with Crippen LogP contribution in [0.5, 0.6) is 0 Å². The van der Waals surface area contributed by atoms with E-state index in [1.807, 2.05) is 6.92 Å². The Labute approximate surface area is 97.3 Å². The molecule has 0 atom stereocenters. The van der Waals surface area contributed by atoms with Crippen LogP contribution < -0.4 is 0 Å². The number of esters is 2. The maximum atomic E-state index is 11.2. The van der Waals surface area contributed by atoms with Crippen molar-refractivity contribution in [3.05, 3.63) is 0 Å². The lowest BCUT2D eigenvalue weighted by atomic mass is 10.7. The van der Waals surface area contributed by atoms with Crippen LogP contribution in [0.2, 0.25) is 0 Å². The molecule has 0 aliphatic carbocycles. The molecule has 94 valence electrons. The van der Waals surface area contributed by atoms with Crippen molar-refractivity contribution in [2.45, 2.75) is 20.8 Å². The van der Waals surface area contributed by atoms with E-state index in [1.54, 1.807) is 13.8 Å². The van der Waals surface area contributed by atoms with E-state index in [2.05, 4.69) is 0 Å². The molecule has 16 heavy (non-hydrogen) atoms. The second kappa shape index (κ2) is 9.55. The van der Waals surface area contributed by atoms with Crippen LogP contribution in [0.15, 0.2) is 0 Å². The molecule has 0 aromatic heterocycles. The summed E-state index contributed by atoms with van der Waals surface area (Å²) in [5.41, 5.74) is 0. The first-order chi connectivity index (χ1) is 7.63.